The molecule has 7 heavy (non-hydrogen) atoms. The number of halogens is 1. The van der Waals surface area contributed by atoms with E-state index in [1.165, 1.54) is 12.2 Å². The molecule has 0 aliphatic heterocycles. The van der Waals surface area contributed by atoms with E-state index in [2.05, 4.69) is 29.8 Å². The highest BCUT2D eigenvalue weighted by molar-refractivity contribution is 9.11. The van der Waals surface area contributed by atoms with Crippen molar-refractivity contribution in [3.63, 3.8) is 0 Å². The van der Waals surface area contributed by atoms with Gasteiger partial charge in [-0.3, -0.25) is 0 Å². The van der Waals surface area contributed by atoms with Crippen molar-refractivity contribution in [2.24, 2.45) is 0 Å². The lowest BCUT2D eigenvalue weighted by Crippen LogP contribution is -1.85. The summed E-state index contributed by atoms with van der Waals surface area (Å²) in [5.41, 5.74) is 0. The van der Waals surface area contributed by atoms with E-state index in [1.807, 2.05) is 11.8 Å². The van der Waals surface area contributed by atoms with Gasteiger partial charge in [0.2, 0.25) is 0 Å². The second-order valence-electron chi connectivity index (χ2n) is 1.27. The van der Waals surface area contributed by atoms with Crippen LogP contribution < -0.4 is 0 Å². The van der Waals surface area contributed by atoms with Crippen LogP contribution in [0.4, 0.5) is 0 Å². The molecule has 0 spiro atoms. The average molecular weight is 183 g/mol. The third-order valence-electron chi connectivity index (χ3n) is 0.668. The van der Waals surface area contributed by atoms with Gasteiger partial charge < -0.3 is 0 Å². The predicted molar refractivity (Wildman–Crippen MR) is 41.1 cm³/mol. The molecule has 0 aromatic rings. The SMILES string of the molecule is CCSC(Br)CC. The Hall–Kier alpha value is 0.830. The van der Waals surface area contributed by atoms with Crippen molar-refractivity contribution in [2.45, 2.75) is 24.4 Å². The summed E-state index contributed by atoms with van der Waals surface area (Å²) in [5, 5.41) is 0. The van der Waals surface area contributed by atoms with Crippen molar-refractivity contribution >= 4 is 27.7 Å². The molecule has 0 fully saturated rings. The van der Waals surface area contributed by atoms with Gasteiger partial charge in [0.1, 0.15) is 0 Å². The molecular formula is C5H11BrS. The van der Waals surface area contributed by atoms with Gasteiger partial charge >= 0.3 is 0 Å². The first-order valence-electron chi connectivity index (χ1n) is 2.57. The van der Waals surface area contributed by atoms with Crippen molar-refractivity contribution in [3.8, 4) is 0 Å². The molecular weight excluding hydrogens is 172 g/mol. The second kappa shape index (κ2) is 4.98. The Bertz CT molecular complexity index is 39.1. The lowest BCUT2D eigenvalue weighted by molar-refractivity contribution is 1.07. The van der Waals surface area contributed by atoms with Gasteiger partial charge in [0, 0.05) is 0 Å². The van der Waals surface area contributed by atoms with E-state index < -0.39 is 0 Å². The third kappa shape index (κ3) is 4.69. The maximum Gasteiger partial charge on any atom is 0.0597 e. The Labute approximate surface area is 58.2 Å². The average Bonchev–Trinajstić information content (AvgIpc) is 1.68. The highest BCUT2D eigenvalue weighted by Crippen LogP contribution is 2.19. The van der Waals surface area contributed by atoms with Crippen LogP contribution >= 0.6 is 27.7 Å². The Morgan fingerprint density at radius 1 is 1.57 bits per heavy atom. The fourth-order valence-corrected chi connectivity index (χ4v) is 1.69. The molecule has 0 nitrogen and oxygen atoms in total. The van der Waals surface area contributed by atoms with E-state index in [4.69, 9.17) is 0 Å². The van der Waals surface area contributed by atoms with E-state index in [0.717, 1.165) is 0 Å². The minimum atomic E-state index is 0.678. The van der Waals surface area contributed by atoms with Gasteiger partial charge in [0.25, 0.3) is 0 Å². The molecule has 2 heteroatoms. The van der Waals surface area contributed by atoms with Gasteiger partial charge in [-0.1, -0.05) is 29.8 Å². The minimum absolute atomic E-state index is 0.678. The normalized spacial score (nSPS) is 14.1. The maximum atomic E-state index is 3.50. The van der Waals surface area contributed by atoms with E-state index in [-0.39, 0.29) is 0 Å². The fraction of sp³-hybridized carbons (Fsp3) is 1.00. The molecule has 0 aromatic carbocycles. The largest absolute Gasteiger partial charge is 0.147 e. The summed E-state index contributed by atoms with van der Waals surface area (Å²) >= 11 is 5.45. The molecule has 44 valence electrons. The Morgan fingerprint density at radius 3 is 2.29 bits per heavy atom. The Balaban J connectivity index is 2.83. The van der Waals surface area contributed by atoms with Crippen LogP contribution in [0.3, 0.4) is 0 Å². The van der Waals surface area contributed by atoms with Crippen LogP contribution in [0.1, 0.15) is 20.3 Å². The quantitative estimate of drug-likeness (QED) is 0.606. The minimum Gasteiger partial charge on any atom is -0.147 e. The molecule has 0 saturated carbocycles. The number of rotatable bonds is 3. The summed E-state index contributed by atoms with van der Waals surface area (Å²) in [5.74, 6) is 1.21. The molecule has 0 saturated heterocycles. The number of hydrogen-bond acceptors (Lipinski definition) is 1. The first-order valence-corrected chi connectivity index (χ1v) is 4.53. The van der Waals surface area contributed by atoms with Crippen molar-refractivity contribution < 1.29 is 0 Å². The predicted octanol–water partition coefficient (Wildman–Crippen LogP) is 2.87. The van der Waals surface area contributed by atoms with Crippen LogP contribution in [0.15, 0.2) is 0 Å². The highest BCUT2D eigenvalue weighted by Gasteiger charge is 1.95. The Morgan fingerprint density at radius 2 is 2.14 bits per heavy atom. The molecule has 0 aliphatic carbocycles. The second-order valence-corrected chi connectivity index (χ2v) is 4.46. The summed E-state index contributed by atoms with van der Waals surface area (Å²) in [7, 11) is 0. The summed E-state index contributed by atoms with van der Waals surface area (Å²) in [6.45, 7) is 4.36. The van der Waals surface area contributed by atoms with E-state index in [0.29, 0.717) is 4.16 Å². The van der Waals surface area contributed by atoms with Crippen molar-refractivity contribution in [3.05, 3.63) is 0 Å². The third-order valence-corrected chi connectivity index (χ3v) is 3.14. The number of alkyl halides is 1. The van der Waals surface area contributed by atoms with Crippen molar-refractivity contribution in [2.75, 3.05) is 5.75 Å². The zero-order valence-corrected chi connectivity index (χ0v) is 7.18. The monoisotopic (exact) mass is 182 g/mol. The number of hydrogen-bond donors (Lipinski definition) is 0. The molecule has 0 rings (SSSR count). The van der Waals surface area contributed by atoms with Crippen LogP contribution in [0.25, 0.3) is 0 Å². The topological polar surface area (TPSA) is 0 Å². The van der Waals surface area contributed by atoms with Gasteiger partial charge in [0.15, 0.2) is 0 Å². The number of thioether (sulfide) groups is 1. The zero-order chi connectivity index (χ0) is 5.70. The van der Waals surface area contributed by atoms with Gasteiger partial charge in [-0.2, -0.15) is 0 Å². The summed E-state index contributed by atoms with van der Waals surface area (Å²) in [6, 6.07) is 0. The molecule has 0 radical (unpaired) electrons. The van der Waals surface area contributed by atoms with Gasteiger partial charge in [-0.25, -0.2) is 0 Å². The highest BCUT2D eigenvalue weighted by atomic mass is 79.9. The molecule has 0 aromatic heterocycles. The molecule has 0 amide bonds. The smallest absolute Gasteiger partial charge is 0.0597 e. The van der Waals surface area contributed by atoms with Crippen molar-refractivity contribution in [1.82, 2.24) is 0 Å². The standard InChI is InChI=1S/C5H11BrS/c1-3-5(6)7-4-2/h5H,3-4H2,1-2H3. The van der Waals surface area contributed by atoms with E-state index in [9.17, 15) is 0 Å². The van der Waals surface area contributed by atoms with Gasteiger partial charge in [-0.05, 0) is 12.2 Å². The summed E-state index contributed by atoms with van der Waals surface area (Å²) in [4.78, 5) is 0. The molecule has 1 atom stereocenters. The maximum absolute atomic E-state index is 3.50. The lowest BCUT2D eigenvalue weighted by atomic mass is 10.6. The molecule has 0 aliphatic rings. The van der Waals surface area contributed by atoms with Gasteiger partial charge in [0.05, 0.1) is 4.16 Å². The lowest BCUT2D eigenvalue weighted by Gasteiger charge is -2.00. The Kier molecular flexibility index (Phi) is 5.57. The van der Waals surface area contributed by atoms with E-state index >= 15 is 0 Å². The van der Waals surface area contributed by atoms with Crippen LogP contribution in [-0.2, 0) is 0 Å². The van der Waals surface area contributed by atoms with Crippen LogP contribution in [-0.4, -0.2) is 9.91 Å². The molecule has 0 heterocycles. The van der Waals surface area contributed by atoms with Crippen molar-refractivity contribution in [1.29, 1.82) is 0 Å². The molecule has 0 N–H and O–H groups in total. The fourth-order valence-electron chi connectivity index (χ4n) is 0.299. The van der Waals surface area contributed by atoms with E-state index in [1.54, 1.807) is 0 Å². The van der Waals surface area contributed by atoms with Gasteiger partial charge in [-0.15, -0.1) is 11.8 Å². The zero-order valence-electron chi connectivity index (χ0n) is 4.78. The van der Waals surface area contributed by atoms with Crippen LogP contribution in [0.2, 0.25) is 0 Å². The summed E-state index contributed by atoms with van der Waals surface area (Å²) in [6.07, 6.45) is 1.22. The molecule has 0 bridgehead atoms. The first-order chi connectivity index (χ1) is 3.31. The first kappa shape index (κ1) is 7.83. The molecule has 1 unspecified atom stereocenters. The summed E-state index contributed by atoms with van der Waals surface area (Å²) < 4.78 is 0.678. The van der Waals surface area contributed by atoms with Crippen LogP contribution in [0, 0.1) is 0 Å². The van der Waals surface area contributed by atoms with Crippen LogP contribution in [0.5, 0.6) is 0 Å².